The molecule has 0 radical (unpaired) electrons. The van der Waals surface area contributed by atoms with Gasteiger partial charge in [0.25, 0.3) is 0 Å². The molecule has 4 atom stereocenters. The number of nitrogens with one attached hydrogen (secondary N) is 1. The van der Waals surface area contributed by atoms with Crippen LogP contribution in [0.1, 0.15) is 39.2 Å². The fourth-order valence-corrected chi connectivity index (χ4v) is 3.26. The lowest BCUT2D eigenvalue weighted by molar-refractivity contribution is -0.136. The number of amides is 1. The molecule has 0 aliphatic heterocycles. The van der Waals surface area contributed by atoms with E-state index < -0.39 is 35.7 Å². The van der Waals surface area contributed by atoms with Crippen molar-refractivity contribution >= 4 is 17.5 Å². The normalized spacial score (nSPS) is 15.3. The maximum Gasteiger partial charge on any atom is 0.226 e. The highest BCUT2D eigenvalue weighted by Gasteiger charge is 2.32. The number of aliphatic hydroxyl groups excluding tert-OH is 1. The van der Waals surface area contributed by atoms with Crippen molar-refractivity contribution in [1.29, 1.82) is 0 Å². The minimum Gasteiger partial charge on any atom is -0.393 e. The number of carbonyl (C=O) groups is 3. The van der Waals surface area contributed by atoms with Gasteiger partial charge in [-0.05, 0) is 37.9 Å². The van der Waals surface area contributed by atoms with E-state index in [-0.39, 0.29) is 49.8 Å². The standard InChI is InChI=1S/C22H34FN3O4/c1-13(2)21(29)19(8-9-24)26-22(30)17(14(3)27)11-20(28)16(12-25)10-15-6-4-5-7-18(15)23/h4-7,13-14,16-17,19,27H,8-12,24-25H2,1-3H3,(H,26,30)/t14?,16?,17-,19-/m0/s1. The van der Waals surface area contributed by atoms with E-state index in [0.29, 0.717) is 5.56 Å². The van der Waals surface area contributed by atoms with Crippen LogP contribution in [0.3, 0.4) is 0 Å². The van der Waals surface area contributed by atoms with Crippen molar-refractivity contribution in [2.75, 3.05) is 13.1 Å². The largest absolute Gasteiger partial charge is 0.393 e. The van der Waals surface area contributed by atoms with Crippen LogP contribution in [0.4, 0.5) is 4.39 Å². The number of halogens is 1. The lowest BCUT2D eigenvalue weighted by atomic mass is 9.87. The van der Waals surface area contributed by atoms with Crippen LogP contribution in [0.5, 0.6) is 0 Å². The molecule has 1 rings (SSSR count). The Hall–Kier alpha value is -2.16. The van der Waals surface area contributed by atoms with Crippen LogP contribution < -0.4 is 16.8 Å². The van der Waals surface area contributed by atoms with Crippen molar-refractivity contribution in [2.45, 2.75) is 52.2 Å². The monoisotopic (exact) mass is 423 g/mol. The van der Waals surface area contributed by atoms with E-state index in [0.717, 1.165) is 0 Å². The lowest BCUT2D eigenvalue weighted by Gasteiger charge is -2.25. The Morgan fingerprint density at radius 3 is 2.27 bits per heavy atom. The minimum absolute atomic E-state index is 0.0110. The van der Waals surface area contributed by atoms with E-state index >= 15 is 0 Å². The molecular formula is C22H34FN3O4. The predicted octanol–water partition coefficient (Wildman–Crippen LogP) is 0.958. The Balaban J connectivity index is 2.90. The zero-order chi connectivity index (χ0) is 22.8. The van der Waals surface area contributed by atoms with Crippen LogP contribution >= 0.6 is 0 Å². The topological polar surface area (TPSA) is 136 Å². The van der Waals surface area contributed by atoms with E-state index in [9.17, 15) is 23.9 Å². The molecule has 1 aromatic carbocycles. The van der Waals surface area contributed by atoms with Crippen molar-refractivity contribution in [3.63, 3.8) is 0 Å². The van der Waals surface area contributed by atoms with Crippen LogP contribution in [0.15, 0.2) is 24.3 Å². The molecule has 0 spiro atoms. The third kappa shape index (κ3) is 7.59. The summed E-state index contributed by atoms with van der Waals surface area (Å²) < 4.78 is 13.9. The fourth-order valence-electron chi connectivity index (χ4n) is 3.26. The second-order valence-electron chi connectivity index (χ2n) is 7.94. The first-order valence-corrected chi connectivity index (χ1v) is 10.3. The second kappa shape index (κ2) is 12.5. The van der Waals surface area contributed by atoms with E-state index in [2.05, 4.69) is 5.32 Å². The maximum absolute atomic E-state index is 13.9. The van der Waals surface area contributed by atoms with E-state index in [1.807, 2.05) is 0 Å². The first-order valence-electron chi connectivity index (χ1n) is 10.3. The van der Waals surface area contributed by atoms with Gasteiger partial charge in [-0.2, -0.15) is 0 Å². The van der Waals surface area contributed by atoms with Crippen molar-refractivity contribution in [3.8, 4) is 0 Å². The first-order chi connectivity index (χ1) is 14.1. The Morgan fingerprint density at radius 1 is 1.13 bits per heavy atom. The summed E-state index contributed by atoms with van der Waals surface area (Å²) in [5, 5.41) is 12.7. The third-order valence-corrected chi connectivity index (χ3v) is 5.19. The summed E-state index contributed by atoms with van der Waals surface area (Å²) in [5.41, 5.74) is 11.6. The molecule has 0 aliphatic carbocycles. The highest BCUT2D eigenvalue weighted by atomic mass is 19.1. The molecule has 0 saturated carbocycles. The summed E-state index contributed by atoms with van der Waals surface area (Å²) in [6.45, 7) is 5.06. The molecule has 8 heteroatoms. The van der Waals surface area contributed by atoms with Gasteiger partial charge in [-0.25, -0.2) is 4.39 Å². The number of rotatable bonds is 13. The van der Waals surface area contributed by atoms with Gasteiger partial charge in [0.05, 0.1) is 18.1 Å². The maximum atomic E-state index is 13.9. The highest BCUT2D eigenvalue weighted by Crippen LogP contribution is 2.19. The molecule has 0 saturated heterocycles. The van der Waals surface area contributed by atoms with Crippen LogP contribution in [-0.2, 0) is 20.8 Å². The van der Waals surface area contributed by atoms with Crippen LogP contribution in [0, 0.1) is 23.6 Å². The number of benzene rings is 1. The highest BCUT2D eigenvalue weighted by molar-refractivity contribution is 5.93. The Morgan fingerprint density at radius 2 is 1.77 bits per heavy atom. The van der Waals surface area contributed by atoms with E-state index in [1.54, 1.807) is 32.0 Å². The van der Waals surface area contributed by atoms with Gasteiger partial charge in [-0.1, -0.05) is 32.0 Å². The second-order valence-corrected chi connectivity index (χ2v) is 7.94. The number of nitrogens with two attached hydrogens (primary N) is 2. The molecule has 2 unspecified atom stereocenters. The molecular weight excluding hydrogens is 389 g/mol. The summed E-state index contributed by atoms with van der Waals surface area (Å²) >= 11 is 0. The third-order valence-electron chi connectivity index (χ3n) is 5.19. The molecule has 7 nitrogen and oxygen atoms in total. The minimum atomic E-state index is -1.12. The molecule has 0 bridgehead atoms. The van der Waals surface area contributed by atoms with Gasteiger partial charge in [-0.3, -0.25) is 14.4 Å². The van der Waals surface area contributed by atoms with Crippen molar-refractivity contribution in [3.05, 3.63) is 35.6 Å². The van der Waals surface area contributed by atoms with Gasteiger partial charge < -0.3 is 21.9 Å². The zero-order valence-corrected chi connectivity index (χ0v) is 17.9. The SMILES string of the molecule is CC(C)C(=O)[C@H](CCN)NC(=O)[C@@H](CC(=O)C(CN)Cc1ccccc1F)C(C)O. The summed E-state index contributed by atoms with van der Waals surface area (Å²) in [7, 11) is 0. The number of carbonyl (C=O) groups excluding carboxylic acids is 3. The van der Waals surface area contributed by atoms with Crippen LogP contribution in [0.25, 0.3) is 0 Å². The molecule has 1 amide bonds. The summed E-state index contributed by atoms with van der Waals surface area (Å²) in [6, 6.07) is 5.35. The lowest BCUT2D eigenvalue weighted by Crippen LogP contribution is -2.48. The van der Waals surface area contributed by atoms with Gasteiger partial charge >= 0.3 is 0 Å². The van der Waals surface area contributed by atoms with Crippen LogP contribution in [0.2, 0.25) is 0 Å². The molecule has 30 heavy (non-hydrogen) atoms. The number of Topliss-reactive ketones (excluding diaryl/α,β-unsaturated/α-hetero) is 2. The zero-order valence-electron chi connectivity index (χ0n) is 17.9. The van der Waals surface area contributed by atoms with Crippen molar-refractivity contribution in [1.82, 2.24) is 5.32 Å². The van der Waals surface area contributed by atoms with Gasteiger partial charge in [0, 0.05) is 24.8 Å². The summed E-state index contributed by atoms with van der Waals surface area (Å²) in [6.07, 6.45) is -1.00. The molecule has 168 valence electrons. The smallest absolute Gasteiger partial charge is 0.226 e. The fraction of sp³-hybridized carbons (Fsp3) is 0.591. The molecule has 0 fully saturated rings. The average molecular weight is 424 g/mol. The average Bonchev–Trinajstić information content (AvgIpc) is 2.69. The Labute approximate surface area is 177 Å². The predicted molar refractivity (Wildman–Crippen MR) is 113 cm³/mol. The van der Waals surface area contributed by atoms with Crippen LogP contribution in [-0.4, -0.2) is 47.8 Å². The number of aliphatic hydroxyl groups is 1. The van der Waals surface area contributed by atoms with Crippen molar-refractivity contribution in [2.24, 2.45) is 29.2 Å². The molecule has 0 heterocycles. The summed E-state index contributed by atoms with van der Waals surface area (Å²) in [4.78, 5) is 37.9. The number of hydrogen-bond acceptors (Lipinski definition) is 6. The summed E-state index contributed by atoms with van der Waals surface area (Å²) in [5.74, 6) is -3.55. The Bertz CT molecular complexity index is 724. The van der Waals surface area contributed by atoms with Gasteiger partial charge in [-0.15, -0.1) is 0 Å². The van der Waals surface area contributed by atoms with Gasteiger partial charge in [0.15, 0.2) is 5.78 Å². The van der Waals surface area contributed by atoms with Crippen molar-refractivity contribution < 1.29 is 23.9 Å². The van der Waals surface area contributed by atoms with E-state index in [4.69, 9.17) is 11.5 Å². The number of hydrogen-bond donors (Lipinski definition) is 4. The first kappa shape index (κ1) is 25.9. The number of ketones is 2. The van der Waals surface area contributed by atoms with Gasteiger partial charge in [0.2, 0.25) is 5.91 Å². The van der Waals surface area contributed by atoms with Gasteiger partial charge in [0.1, 0.15) is 11.6 Å². The molecule has 0 aromatic heterocycles. The molecule has 0 aliphatic rings. The molecule has 1 aromatic rings. The Kier molecular flexibility index (Phi) is 10.8. The van der Waals surface area contributed by atoms with E-state index in [1.165, 1.54) is 13.0 Å². The molecule has 6 N–H and O–H groups in total. The quantitative estimate of drug-likeness (QED) is 0.373.